The number of likely N-dealkylation sites (N-methyl/N-ethyl adjacent to an activating group) is 1. The molecule has 0 spiro atoms. The van der Waals surface area contributed by atoms with Gasteiger partial charge in [-0.1, -0.05) is 43.3 Å². The minimum atomic E-state index is -0.516. The summed E-state index contributed by atoms with van der Waals surface area (Å²) < 4.78 is 2.34. The van der Waals surface area contributed by atoms with Crippen LogP contribution in [0.25, 0.3) is 17.0 Å². The maximum absolute atomic E-state index is 11.2. The van der Waals surface area contributed by atoms with Crippen LogP contribution in [0, 0.1) is 0 Å². The van der Waals surface area contributed by atoms with Crippen molar-refractivity contribution < 1.29 is 10.0 Å². The average Bonchev–Trinajstić information content (AvgIpc) is 3.37. The molecule has 3 aromatic rings. The van der Waals surface area contributed by atoms with E-state index in [1.807, 2.05) is 6.07 Å². The monoisotopic (exact) mass is 389 g/mol. The van der Waals surface area contributed by atoms with Crippen molar-refractivity contribution in [3.05, 3.63) is 77.5 Å². The molecule has 1 heterocycles. The molecule has 0 bridgehead atoms. The summed E-state index contributed by atoms with van der Waals surface area (Å²) in [7, 11) is 0. The molecule has 1 aromatic heterocycles. The van der Waals surface area contributed by atoms with Crippen molar-refractivity contribution in [1.82, 2.24) is 14.9 Å². The molecule has 2 N–H and O–H groups in total. The lowest BCUT2D eigenvalue weighted by Crippen LogP contribution is -2.30. The van der Waals surface area contributed by atoms with Gasteiger partial charge >= 0.3 is 0 Å². The van der Waals surface area contributed by atoms with E-state index >= 15 is 0 Å². The molecular weight excluding hydrogens is 362 g/mol. The highest BCUT2D eigenvalue weighted by molar-refractivity contribution is 5.90. The van der Waals surface area contributed by atoms with E-state index in [4.69, 9.17) is 5.21 Å². The van der Waals surface area contributed by atoms with Crippen molar-refractivity contribution in [2.24, 2.45) is 0 Å². The molecule has 1 amide bonds. The van der Waals surface area contributed by atoms with Crippen LogP contribution < -0.4 is 5.48 Å². The zero-order valence-corrected chi connectivity index (χ0v) is 16.7. The molecular formula is C24H27N3O2. The highest BCUT2D eigenvalue weighted by atomic mass is 16.5. The molecule has 0 saturated carbocycles. The maximum Gasteiger partial charge on any atom is 0.267 e. The lowest BCUT2D eigenvalue weighted by Gasteiger charge is -2.28. The number of hydrogen-bond acceptors (Lipinski definition) is 3. The number of hydroxylamine groups is 1. The Kier molecular flexibility index (Phi) is 5.79. The van der Waals surface area contributed by atoms with Crippen LogP contribution in [0.2, 0.25) is 0 Å². The fourth-order valence-corrected chi connectivity index (χ4v) is 4.41. The van der Waals surface area contributed by atoms with Crippen LogP contribution in [0.4, 0.5) is 0 Å². The normalized spacial score (nSPS) is 16.0. The summed E-state index contributed by atoms with van der Waals surface area (Å²) in [5.41, 5.74) is 6.64. The van der Waals surface area contributed by atoms with Crippen LogP contribution in [-0.2, 0) is 17.8 Å². The van der Waals surface area contributed by atoms with Gasteiger partial charge in [-0.2, -0.15) is 0 Å². The largest absolute Gasteiger partial charge is 0.346 e. The van der Waals surface area contributed by atoms with Gasteiger partial charge in [-0.3, -0.25) is 14.9 Å². The van der Waals surface area contributed by atoms with E-state index < -0.39 is 5.91 Å². The smallest absolute Gasteiger partial charge is 0.267 e. The Hall–Kier alpha value is -2.89. The number of benzene rings is 2. The molecule has 4 rings (SSSR count). The van der Waals surface area contributed by atoms with Gasteiger partial charge in [-0.15, -0.1) is 0 Å². The summed E-state index contributed by atoms with van der Waals surface area (Å²) in [5.74, 6) is -0.516. The summed E-state index contributed by atoms with van der Waals surface area (Å²) in [4.78, 5) is 13.8. The molecule has 5 heteroatoms. The fraction of sp³-hybridized carbons (Fsp3) is 0.292. The van der Waals surface area contributed by atoms with Crippen LogP contribution in [0.5, 0.6) is 0 Å². The van der Waals surface area contributed by atoms with Crippen LogP contribution in [-0.4, -0.2) is 33.7 Å². The number of carbonyl (C=O) groups is 1. The van der Waals surface area contributed by atoms with Crippen LogP contribution in [0.15, 0.2) is 60.8 Å². The molecule has 1 unspecified atom stereocenters. The number of fused-ring (bicyclic) bond motifs is 2. The Labute approximate surface area is 171 Å². The lowest BCUT2D eigenvalue weighted by atomic mass is 10.0. The Bertz CT molecular complexity index is 1040. The van der Waals surface area contributed by atoms with Gasteiger partial charge in [0, 0.05) is 36.9 Å². The van der Waals surface area contributed by atoms with E-state index in [9.17, 15) is 4.79 Å². The van der Waals surface area contributed by atoms with E-state index in [2.05, 4.69) is 65.1 Å². The number of hydrogen-bond donors (Lipinski definition) is 2. The summed E-state index contributed by atoms with van der Waals surface area (Å²) in [6.07, 6.45) is 7.43. The number of nitrogens with zero attached hydrogens (tertiary/aromatic N) is 2. The van der Waals surface area contributed by atoms with Gasteiger partial charge in [0.05, 0.1) is 0 Å². The third-order valence-electron chi connectivity index (χ3n) is 5.91. The van der Waals surface area contributed by atoms with Crippen LogP contribution in [0.3, 0.4) is 0 Å². The van der Waals surface area contributed by atoms with E-state index in [-0.39, 0.29) is 0 Å². The number of carbonyl (C=O) groups excluding carboxylic acids is 1. The summed E-state index contributed by atoms with van der Waals surface area (Å²) >= 11 is 0. The second kappa shape index (κ2) is 8.64. The molecule has 1 aliphatic rings. The predicted molar refractivity (Wildman–Crippen MR) is 116 cm³/mol. The molecule has 1 aliphatic carbocycles. The van der Waals surface area contributed by atoms with Gasteiger partial charge in [0.15, 0.2) is 0 Å². The third-order valence-corrected chi connectivity index (χ3v) is 5.91. The van der Waals surface area contributed by atoms with Crippen molar-refractivity contribution in [3.8, 4) is 0 Å². The minimum Gasteiger partial charge on any atom is -0.346 e. The van der Waals surface area contributed by atoms with Crippen LogP contribution >= 0.6 is 0 Å². The zero-order valence-electron chi connectivity index (χ0n) is 16.7. The molecule has 1 atom stereocenters. The Morgan fingerprint density at radius 3 is 2.97 bits per heavy atom. The maximum atomic E-state index is 11.2. The van der Waals surface area contributed by atoms with Gasteiger partial charge in [0.25, 0.3) is 5.91 Å². The van der Waals surface area contributed by atoms with Crippen molar-refractivity contribution in [2.45, 2.75) is 32.4 Å². The number of para-hydroxylation sites is 1. The molecule has 5 nitrogen and oxygen atoms in total. The first-order chi connectivity index (χ1) is 14.2. The highest BCUT2D eigenvalue weighted by Gasteiger charge is 2.27. The van der Waals surface area contributed by atoms with E-state index in [1.165, 1.54) is 28.1 Å². The Morgan fingerprint density at radius 2 is 2.14 bits per heavy atom. The summed E-state index contributed by atoms with van der Waals surface area (Å²) in [5, 5.41) is 9.90. The number of aromatic nitrogens is 1. The van der Waals surface area contributed by atoms with Crippen molar-refractivity contribution in [3.63, 3.8) is 0 Å². The van der Waals surface area contributed by atoms with Gasteiger partial charge in [-0.05, 0) is 59.7 Å². The average molecular weight is 389 g/mol. The first kappa shape index (κ1) is 19.4. The molecule has 0 fully saturated rings. The molecule has 150 valence electrons. The van der Waals surface area contributed by atoms with Crippen molar-refractivity contribution in [2.75, 3.05) is 13.1 Å². The fourth-order valence-electron chi connectivity index (χ4n) is 4.41. The van der Waals surface area contributed by atoms with E-state index in [1.54, 1.807) is 11.6 Å². The van der Waals surface area contributed by atoms with Gasteiger partial charge in [0.2, 0.25) is 0 Å². The first-order valence-electron chi connectivity index (χ1n) is 10.2. The summed E-state index contributed by atoms with van der Waals surface area (Å²) in [6, 6.07) is 17.5. The van der Waals surface area contributed by atoms with Crippen molar-refractivity contribution in [1.29, 1.82) is 0 Å². The van der Waals surface area contributed by atoms with Crippen molar-refractivity contribution >= 4 is 22.9 Å². The zero-order chi connectivity index (χ0) is 20.2. The third kappa shape index (κ3) is 4.11. The SMILES string of the molecule is CCN(CCn1ccc2ccccc21)C1CCc2cc(/C=C/C(=O)NO)ccc21. The second-order valence-corrected chi connectivity index (χ2v) is 7.52. The second-order valence-electron chi connectivity index (χ2n) is 7.52. The standard InChI is InChI=1S/C24H27N3O2/c1-2-26(15-16-27-14-13-19-5-3-4-6-22(19)27)23-11-9-20-17-18(7-10-21(20)23)8-12-24(28)25-29/h3-8,10,12-14,17,23,29H,2,9,11,15-16H2,1H3,(H,25,28)/b12-8+. The molecule has 29 heavy (non-hydrogen) atoms. The Morgan fingerprint density at radius 1 is 1.28 bits per heavy atom. The molecule has 0 saturated heterocycles. The molecule has 2 aromatic carbocycles. The van der Waals surface area contributed by atoms with Gasteiger partial charge in [-0.25, -0.2) is 5.48 Å². The van der Waals surface area contributed by atoms with Crippen LogP contribution in [0.1, 0.15) is 36.1 Å². The molecule has 0 radical (unpaired) electrons. The number of aryl methyl sites for hydroxylation is 1. The first-order valence-corrected chi connectivity index (χ1v) is 10.2. The molecule has 0 aliphatic heterocycles. The Balaban J connectivity index is 1.47. The number of amides is 1. The van der Waals surface area contributed by atoms with E-state index in [0.717, 1.165) is 38.0 Å². The van der Waals surface area contributed by atoms with Gasteiger partial charge in [0.1, 0.15) is 0 Å². The topological polar surface area (TPSA) is 57.5 Å². The summed E-state index contributed by atoms with van der Waals surface area (Å²) in [6.45, 7) is 5.24. The number of nitrogens with one attached hydrogen (secondary N) is 1. The van der Waals surface area contributed by atoms with Gasteiger partial charge < -0.3 is 4.57 Å². The highest BCUT2D eigenvalue weighted by Crippen LogP contribution is 2.36. The quantitative estimate of drug-likeness (QED) is 0.362. The predicted octanol–water partition coefficient (Wildman–Crippen LogP) is 4.17. The van der Waals surface area contributed by atoms with E-state index in [0.29, 0.717) is 6.04 Å². The minimum absolute atomic E-state index is 0.440. The number of rotatable bonds is 7. The lowest BCUT2D eigenvalue weighted by molar-refractivity contribution is -0.124.